The number of hydrogen-bond acceptors (Lipinski definition) is 4. The maximum atomic E-state index is 10.1. The molecule has 76 valence electrons. The van der Waals surface area contributed by atoms with E-state index in [0.717, 1.165) is 13.1 Å². The highest BCUT2D eigenvalue weighted by molar-refractivity contribution is 5.65. The van der Waals surface area contributed by atoms with Crippen LogP contribution in [0.15, 0.2) is 0 Å². The van der Waals surface area contributed by atoms with Crippen LogP contribution in [0, 0.1) is 0 Å². The molecular weight excluding hydrogens is 170 g/mol. The second-order valence-electron chi connectivity index (χ2n) is 4.38. The van der Waals surface area contributed by atoms with Gasteiger partial charge in [0.05, 0.1) is 18.7 Å². The summed E-state index contributed by atoms with van der Waals surface area (Å²) in [5.41, 5.74) is 0.154. The van der Waals surface area contributed by atoms with Crippen molar-refractivity contribution in [1.29, 1.82) is 0 Å². The fourth-order valence-electron chi connectivity index (χ4n) is 1.28. The van der Waals surface area contributed by atoms with Crippen molar-refractivity contribution in [2.45, 2.75) is 32.4 Å². The average Bonchev–Trinajstić information content (AvgIpc) is 1.79. The van der Waals surface area contributed by atoms with Gasteiger partial charge in [-0.2, -0.15) is 0 Å². The van der Waals surface area contributed by atoms with Crippen molar-refractivity contribution in [1.82, 2.24) is 4.90 Å². The predicted molar refractivity (Wildman–Crippen MR) is 46.1 cm³/mol. The predicted octanol–water partition coefficient (Wildman–Crippen LogP) is -0.764. The molecule has 0 amide bonds. The summed E-state index contributed by atoms with van der Waals surface area (Å²) >= 11 is 0. The molecule has 4 nitrogen and oxygen atoms in total. The molecule has 0 aromatic carbocycles. The number of carboxylic acids is 1. The van der Waals surface area contributed by atoms with Crippen LogP contribution in [0.2, 0.25) is 0 Å². The van der Waals surface area contributed by atoms with E-state index >= 15 is 0 Å². The summed E-state index contributed by atoms with van der Waals surface area (Å²) in [7, 11) is 0. The highest BCUT2D eigenvalue weighted by atomic mass is 16.5. The van der Waals surface area contributed by atoms with Gasteiger partial charge in [0.25, 0.3) is 0 Å². The molecule has 0 aromatic rings. The Morgan fingerprint density at radius 1 is 1.54 bits per heavy atom. The lowest BCUT2D eigenvalue weighted by molar-refractivity contribution is -0.311. The van der Waals surface area contributed by atoms with Crippen LogP contribution in [0.3, 0.4) is 0 Å². The zero-order valence-corrected chi connectivity index (χ0v) is 8.37. The van der Waals surface area contributed by atoms with Crippen LogP contribution in [-0.4, -0.2) is 42.2 Å². The Morgan fingerprint density at radius 2 is 2.08 bits per heavy atom. The van der Waals surface area contributed by atoms with Gasteiger partial charge in [0, 0.05) is 18.6 Å². The van der Waals surface area contributed by atoms with Gasteiger partial charge in [0.2, 0.25) is 0 Å². The van der Waals surface area contributed by atoms with Crippen molar-refractivity contribution in [2.24, 2.45) is 0 Å². The fraction of sp³-hybridized carbons (Fsp3) is 0.889. The van der Waals surface area contributed by atoms with Gasteiger partial charge in [-0.15, -0.1) is 0 Å². The number of aliphatic carboxylic acids is 1. The number of hydrogen-bond donors (Lipinski definition) is 0. The van der Waals surface area contributed by atoms with Crippen LogP contribution in [0.1, 0.15) is 20.8 Å². The summed E-state index contributed by atoms with van der Waals surface area (Å²) < 4.78 is 5.06. The van der Waals surface area contributed by atoms with Gasteiger partial charge in [-0.1, -0.05) is 0 Å². The summed E-state index contributed by atoms with van der Waals surface area (Å²) in [5, 5.41) is 10.1. The van der Waals surface area contributed by atoms with E-state index in [4.69, 9.17) is 4.74 Å². The Balaban J connectivity index is 2.15. The molecule has 1 aliphatic heterocycles. The molecule has 4 heteroatoms. The third-order valence-electron chi connectivity index (χ3n) is 2.23. The fourth-order valence-corrected chi connectivity index (χ4v) is 1.28. The molecule has 1 fully saturated rings. The minimum absolute atomic E-state index is 0.0668. The topological polar surface area (TPSA) is 52.6 Å². The zero-order chi connectivity index (χ0) is 10.1. The van der Waals surface area contributed by atoms with Gasteiger partial charge in [-0.05, 0) is 20.8 Å². The first kappa shape index (κ1) is 10.5. The normalized spacial score (nSPS) is 19.9. The smallest absolute Gasteiger partial charge is 0.0866 e. The Labute approximate surface area is 78.5 Å². The van der Waals surface area contributed by atoms with Crippen LogP contribution in [0.4, 0.5) is 0 Å². The van der Waals surface area contributed by atoms with E-state index in [9.17, 15) is 9.90 Å². The van der Waals surface area contributed by atoms with Gasteiger partial charge < -0.3 is 14.6 Å². The standard InChI is InChI=1S/C9H17NO3/c1-9(2,3)10-4-7(5-10)13-6-8(11)12/h7H,4-6H2,1-3H3,(H,11,12)/p-1. The molecule has 0 radical (unpaired) electrons. The lowest BCUT2D eigenvalue weighted by Gasteiger charge is -2.47. The van der Waals surface area contributed by atoms with E-state index in [-0.39, 0.29) is 18.2 Å². The van der Waals surface area contributed by atoms with Crippen LogP contribution in [0.25, 0.3) is 0 Å². The highest BCUT2D eigenvalue weighted by Gasteiger charge is 2.34. The monoisotopic (exact) mass is 186 g/mol. The Kier molecular flexibility index (Phi) is 2.93. The molecular formula is C9H16NO3-. The van der Waals surface area contributed by atoms with E-state index in [1.54, 1.807) is 0 Å². The first-order valence-corrected chi connectivity index (χ1v) is 4.46. The van der Waals surface area contributed by atoms with Gasteiger partial charge in [-0.3, -0.25) is 4.90 Å². The number of carboxylic acid groups (broad SMARTS) is 1. The summed E-state index contributed by atoms with van der Waals surface area (Å²) in [5.74, 6) is -1.14. The van der Waals surface area contributed by atoms with Crippen LogP contribution < -0.4 is 5.11 Å². The number of ether oxygens (including phenoxy) is 1. The number of carbonyl (C=O) groups excluding carboxylic acids is 1. The van der Waals surface area contributed by atoms with Crippen LogP contribution >= 0.6 is 0 Å². The van der Waals surface area contributed by atoms with Crippen molar-refractivity contribution in [3.05, 3.63) is 0 Å². The summed E-state index contributed by atoms with van der Waals surface area (Å²) in [4.78, 5) is 12.3. The quantitative estimate of drug-likeness (QED) is 0.581. The number of rotatable bonds is 3. The Bertz CT molecular complexity index is 192. The molecule has 0 N–H and O–H groups in total. The van der Waals surface area contributed by atoms with Crippen LogP contribution in [0.5, 0.6) is 0 Å². The maximum Gasteiger partial charge on any atom is 0.0866 e. The first-order chi connectivity index (χ1) is 5.89. The summed E-state index contributed by atoms with van der Waals surface area (Å²) in [6.45, 7) is 7.72. The lowest BCUT2D eigenvalue weighted by atomic mass is 9.99. The SMILES string of the molecule is CC(C)(C)N1CC(OCC(=O)[O-])C1. The molecule has 1 aliphatic rings. The van der Waals surface area contributed by atoms with Crippen molar-refractivity contribution in [3.8, 4) is 0 Å². The summed E-state index contributed by atoms with van der Waals surface area (Å²) in [6.07, 6.45) is 0.0668. The van der Waals surface area contributed by atoms with Crippen molar-refractivity contribution >= 4 is 5.97 Å². The molecule has 0 saturated carbocycles. The average molecular weight is 186 g/mol. The molecule has 0 aromatic heterocycles. The molecule has 1 heterocycles. The molecule has 0 aliphatic carbocycles. The number of nitrogens with zero attached hydrogens (tertiary/aromatic N) is 1. The van der Waals surface area contributed by atoms with Crippen molar-refractivity contribution in [2.75, 3.05) is 19.7 Å². The number of likely N-dealkylation sites (tertiary alicyclic amines) is 1. The van der Waals surface area contributed by atoms with E-state index in [1.165, 1.54) is 0 Å². The minimum atomic E-state index is -1.14. The molecule has 0 unspecified atom stereocenters. The van der Waals surface area contributed by atoms with Crippen molar-refractivity contribution in [3.63, 3.8) is 0 Å². The first-order valence-electron chi connectivity index (χ1n) is 4.46. The molecule has 1 saturated heterocycles. The highest BCUT2D eigenvalue weighted by Crippen LogP contribution is 2.22. The van der Waals surface area contributed by atoms with Gasteiger partial charge in [0.15, 0.2) is 0 Å². The number of carbonyl (C=O) groups is 1. The molecule has 0 spiro atoms. The Hall–Kier alpha value is -0.610. The van der Waals surface area contributed by atoms with E-state index in [0.29, 0.717) is 0 Å². The van der Waals surface area contributed by atoms with E-state index in [1.807, 2.05) is 0 Å². The second-order valence-corrected chi connectivity index (χ2v) is 4.38. The second kappa shape index (κ2) is 3.64. The van der Waals surface area contributed by atoms with Gasteiger partial charge in [-0.25, -0.2) is 0 Å². The largest absolute Gasteiger partial charge is 0.548 e. The zero-order valence-electron chi connectivity index (χ0n) is 8.37. The van der Waals surface area contributed by atoms with E-state index in [2.05, 4.69) is 25.7 Å². The summed E-state index contributed by atoms with van der Waals surface area (Å²) in [6, 6.07) is 0. The van der Waals surface area contributed by atoms with Crippen molar-refractivity contribution < 1.29 is 14.6 Å². The third-order valence-corrected chi connectivity index (χ3v) is 2.23. The van der Waals surface area contributed by atoms with Gasteiger partial charge in [0.1, 0.15) is 0 Å². The maximum absolute atomic E-state index is 10.1. The third kappa shape index (κ3) is 2.97. The minimum Gasteiger partial charge on any atom is -0.548 e. The van der Waals surface area contributed by atoms with Crippen LogP contribution in [-0.2, 0) is 9.53 Å². The van der Waals surface area contributed by atoms with Gasteiger partial charge >= 0.3 is 0 Å². The molecule has 1 rings (SSSR count). The molecule has 0 atom stereocenters. The molecule has 13 heavy (non-hydrogen) atoms. The molecule has 0 bridgehead atoms. The lowest BCUT2D eigenvalue weighted by Crippen LogP contribution is -2.60. The van der Waals surface area contributed by atoms with E-state index < -0.39 is 5.97 Å². The Morgan fingerprint density at radius 3 is 2.46 bits per heavy atom.